The number of hydrogen-bond acceptors (Lipinski definition) is 4. The fraction of sp³-hybridized carbons (Fsp3) is 0.562. The number of rotatable bonds is 1. The van der Waals surface area contributed by atoms with Crippen molar-refractivity contribution >= 4 is 23.2 Å². The van der Waals surface area contributed by atoms with E-state index in [9.17, 15) is 4.79 Å². The lowest BCUT2D eigenvalue weighted by molar-refractivity contribution is 0.0758. The van der Waals surface area contributed by atoms with Crippen LogP contribution in [0.1, 0.15) is 35.3 Å². The molecule has 7 heteroatoms. The van der Waals surface area contributed by atoms with Gasteiger partial charge in [-0.3, -0.25) is 4.79 Å². The van der Waals surface area contributed by atoms with E-state index in [0.29, 0.717) is 16.4 Å². The van der Waals surface area contributed by atoms with Crippen LogP contribution in [0, 0.1) is 12.3 Å². The summed E-state index contributed by atoms with van der Waals surface area (Å²) < 4.78 is 1.60. The second-order valence-corrected chi connectivity index (χ2v) is 7.20. The van der Waals surface area contributed by atoms with Gasteiger partial charge in [-0.2, -0.15) is 5.10 Å². The molecule has 23 heavy (non-hydrogen) atoms. The van der Waals surface area contributed by atoms with Gasteiger partial charge in [-0.15, -0.1) is 0 Å². The molecule has 0 aromatic carbocycles. The number of carbonyl (C=O) groups is 1. The predicted octanol–water partition coefficient (Wildman–Crippen LogP) is 1.91. The molecule has 0 aliphatic carbocycles. The molecule has 4 heterocycles. The van der Waals surface area contributed by atoms with Crippen molar-refractivity contribution in [2.24, 2.45) is 5.41 Å². The number of halogens is 1. The molecule has 1 N–H and O–H groups in total. The first-order chi connectivity index (χ1) is 11.1. The molecule has 1 unspecified atom stereocenters. The molecule has 2 aliphatic heterocycles. The molecule has 2 fully saturated rings. The van der Waals surface area contributed by atoms with Gasteiger partial charge in [0.1, 0.15) is 5.02 Å². The molecule has 2 saturated heterocycles. The van der Waals surface area contributed by atoms with Gasteiger partial charge >= 0.3 is 0 Å². The minimum atomic E-state index is -0.0828. The topological polar surface area (TPSA) is 62.5 Å². The number of aryl methyl sites for hydroxylation is 1. The van der Waals surface area contributed by atoms with E-state index in [1.54, 1.807) is 10.7 Å². The number of nitrogens with one attached hydrogen (secondary N) is 1. The lowest BCUT2D eigenvalue weighted by Crippen LogP contribution is -2.42. The Morgan fingerprint density at radius 1 is 1.43 bits per heavy atom. The Kier molecular flexibility index (Phi) is 3.54. The van der Waals surface area contributed by atoms with Crippen LogP contribution in [0.5, 0.6) is 0 Å². The van der Waals surface area contributed by atoms with Crippen LogP contribution in [0.4, 0.5) is 0 Å². The highest BCUT2D eigenvalue weighted by molar-refractivity contribution is 6.36. The minimum Gasteiger partial charge on any atom is -0.337 e. The summed E-state index contributed by atoms with van der Waals surface area (Å²) >= 11 is 6.35. The lowest BCUT2D eigenvalue weighted by atomic mass is 9.80. The highest BCUT2D eigenvalue weighted by Crippen LogP contribution is 2.37. The summed E-state index contributed by atoms with van der Waals surface area (Å²) in [6.07, 6.45) is 6.98. The Labute approximate surface area is 139 Å². The second kappa shape index (κ2) is 5.46. The zero-order valence-electron chi connectivity index (χ0n) is 13.2. The van der Waals surface area contributed by atoms with Crippen molar-refractivity contribution in [3.05, 3.63) is 28.7 Å². The Bertz CT molecular complexity index is 765. The van der Waals surface area contributed by atoms with Crippen molar-refractivity contribution in [1.82, 2.24) is 24.8 Å². The molecular formula is C16H20ClN5O. The standard InChI is InChI=1S/C16H20ClN5O/c1-11-7-19-14-12(17)13(20-22(14)8-11)15(23)21-6-4-16(10-21)3-2-5-18-9-16/h7-8,18H,2-6,9-10H2,1H3. The van der Waals surface area contributed by atoms with Gasteiger partial charge < -0.3 is 10.2 Å². The molecule has 0 saturated carbocycles. The van der Waals surface area contributed by atoms with Crippen molar-refractivity contribution in [2.45, 2.75) is 26.2 Å². The van der Waals surface area contributed by atoms with Crippen LogP contribution >= 0.6 is 11.6 Å². The van der Waals surface area contributed by atoms with E-state index >= 15 is 0 Å². The monoisotopic (exact) mass is 333 g/mol. The summed E-state index contributed by atoms with van der Waals surface area (Å²) in [4.78, 5) is 19.0. The lowest BCUT2D eigenvalue weighted by Gasteiger charge is -2.33. The van der Waals surface area contributed by atoms with E-state index in [1.807, 2.05) is 18.0 Å². The van der Waals surface area contributed by atoms with Gasteiger partial charge in [0, 0.05) is 37.4 Å². The van der Waals surface area contributed by atoms with Gasteiger partial charge in [-0.25, -0.2) is 9.50 Å². The maximum atomic E-state index is 12.9. The predicted molar refractivity (Wildman–Crippen MR) is 87.8 cm³/mol. The van der Waals surface area contributed by atoms with Gasteiger partial charge in [-0.1, -0.05) is 11.6 Å². The Morgan fingerprint density at radius 3 is 3.09 bits per heavy atom. The third kappa shape index (κ3) is 2.50. The average Bonchev–Trinajstić information content (AvgIpc) is 3.09. The van der Waals surface area contributed by atoms with Gasteiger partial charge in [-0.05, 0) is 38.3 Å². The number of piperidine rings is 1. The average molecular weight is 334 g/mol. The van der Waals surface area contributed by atoms with Gasteiger partial charge in [0.15, 0.2) is 11.3 Å². The third-order valence-corrected chi connectivity index (χ3v) is 5.38. The molecule has 0 radical (unpaired) electrons. The van der Waals surface area contributed by atoms with E-state index in [2.05, 4.69) is 15.4 Å². The molecule has 6 nitrogen and oxygen atoms in total. The Balaban J connectivity index is 1.61. The van der Waals surface area contributed by atoms with Gasteiger partial charge in [0.05, 0.1) is 0 Å². The molecule has 2 aliphatic rings. The third-order valence-electron chi connectivity index (χ3n) is 5.03. The molecule has 0 bridgehead atoms. The van der Waals surface area contributed by atoms with E-state index < -0.39 is 0 Å². The summed E-state index contributed by atoms with van der Waals surface area (Å²) in [6, 6.07) is 0. The second-order valence-electron chi connectivity index (χ2n) is 6.82. The molecule has 4 rings (SSSR count). The first-order valence-electron chi connectivity index (χ1n) is 8.09. The summed E-state index contributed by atoms with van der Waals surface area (Å²) in [5.74, 6) is -0.0828. The summed E-state index contributed by atoms with van der Waals surface area (Å²) in [5.41, 5.74) is 2.05. The van der Waals surface area contributed by atoms with Crippen molar-refractivity contribution in [3.63, 3.8) is 0 Å². The van der Waals surface area contributed by atoms with Crippen LogP contribution in [0.3, 0.4) is 0 Å². The van der Waals surface area contributed by atoms with E-state index in [4.69, 9.17) is 11.6 Å². The number of amides is 1. The number of fused-ring (bicyclic) bond motifs is 1. The molecule has 1 amide bonds. The minimum absolute atomic E-state index is 0.0828. The smallest absolute Gasteiger partial charge is 0.276 e. The van der Waals surface area contributed by atoms with Crippen molar-refractivity contribution in [2.75, 3.05) is 26.2 Å². The first-order valence-corrected chi connectivity index (χ1v) is 8.46. The normalized spacial score (nSPS) is 24.7. The molecular weight excluding hydrogens is 314 g/mol. The zero-order valence-corrected chi connectivity index (χ0v) is 13.9. The largest absolute Gasteiger partial charge is 0.337 e. The molecule has 2 aromatic rings. The van der Waals surface area contributed by atoms with Crippen LogP contribution < -0.4 is 5.32 Å². The number of aromatic nitrogens is 3. The van der Waals surface area contributed by atoms with Gasteiger partial charge in [0.2, 0.25) is 0 Å². The van der Waals surface area contributed by atoms with Crippen LogP contribution in [0.25, 0.3) is 5.65 Å². The number of hydrogen-bond donors (Lipinski definition) is 1. The first kappa shape index (κ1) is 14.9. The van der Waals surface area contributed by atoms with E-state index in [0.717, 1.165) is 38.2 Å². The molecule has 2 aromatic heterocycles. The maximum Gasteiger partial charge on any atom is 0.276 e. The number of nitrogens with zero attached hydrogens (tertiary/aromatic N) is 4. The summed E-state index contributed by atoms with van der Waals surface area (Å²) in [7, 11) is 0. The molecule has 1 atom stereocenters. The van der Waals surface area contributed by atoms with Crippen LogP contribution in [-0.4, -0.2) is 51.6 Å². The Hall–Kier alpha value is -1.66. The van der Waals surface area contributed by atoms with E-state index in [-0.39, 0.29) is 11.3 Å². The Morgan fingerprint density at radius 2 is 2.30 bits per heavy atom. The quantitative estimate of drug-likeness (QED) is 0.866. The fourth-order valence-electron chi connectivity index (χ4n) is 3.77. The zero-order chi connectivity index (χ0) is 16.0. The van der Waals surface area contributed by atoms with E-state index in [1.165, 1.54) is 12.8 Å². The van der Waals surface area contributed by atoms with Crippen LogP contribution in [0.2, 0.25) is 5.02 Å². The number of carbonyl (C=O) groups excluding carboxylic acids is 1. The van der Waals surface area contributed by atoms with Crippen LogP contribution in [0.15, 0.2) is 12.4 Å². The van der Waals surface area contributed by atoms with Gasteiger partial charge in [0.25, 0.3) is 5.91 Å². The fourth-order valence-corrected chi connectivity index (χ4v) is 4.03. The molecule has 1 spiro atoms. The van der Waals surface area contributed by atoms with Crippen molar-refractivity contribution in [3.8, 4) is 0 Å². The summed E-state index contributed by atoms with van der Waals surface area (Å²) in [6.45, 7) is 5.58. The van der Waals surface area contributed by atoms with Crippen molar-refractivity contribution in [1.29, 1.82) is 0 Å². The van der Waals surface area contributed by atoms with Crippen molar-refractivity contribution < 1.29 is 4.79 Å². The maximum absolute atomic E-state index is 12.9. The van der Waals surface area contributed by atoms with Crippen LogP contribution in [-0.2, 0) is 0 Å². The highest BCUT2D eigenvalue weighted by Gasteiger charge is 2.41. The highest BCUT2D eigenvalue weighted by atomic mass is 35.5. The summed E-state index contributed by atoms with van der Waals surface area (Å²) in [5, 5.41) is 8.17. The molecule has 122 valence electrons. The SMILES string of the molecule is Cc1cnc2c(Cl)c(C(=O)N3CCC4(CCCNC4)C3)nn2c1. The number of likely N-dealkylation sites (tertiary alicyclic amines) is 1.